The summed E-state index contributed by atoms with van der Waals surface area (Å²) in [5.74, 6) is -0.112. The Labute approximate surface area is 225 Å². The molecule has 3 aromatic carbocycles. The Balaban J connectivity index is 0.00000294. The number of aryl methyl sites for hydroxylation is 1. The van der Waals surface area contributed by atoms with E-state index in [2.05, 4.69) is 22.0 Å². The maximum atomic E-state index is 13.3. The van der Waals surface area contributed by atoms with Gasteiger partial charge in [-0.1, -0.05) is 42.5 Å². The van der Waals surface area contributed by atoms with Gasteiger partial charge in [0.05, 0.1) is 18.3 Å². The summed E-state index contributed by atoms with van der Waals surface area (Å²) in [6.07, 6.45) is 3.87. The fraction of sp³-hybridized carbons (Fsp3) is 0.133. The summed E-state index contributed by atoms with van der Waals surface area (Å²) < 4.78 is 9.51. The number of halogens is 1. The normalized spacial score (nSPS) is 13.3. The summed E-state index contributed by atoms with van der Waals surface area (Å²) in [6, 6.07) is 21.8. The Hall–Kier alpha value is -4.33. The number of rotatable bonds is 6. The molecule has 1 aliphatic rings. The van der Waals surface area contributed by atoms with Crippen molar-refractivity contribution in [2.24, 2.45) is 12.8 Å². The summed E-state index contributed by atoms with van der Waals surface area (Å²) >= 11 is 0. The first-order valence-electron chi connectivity index (χ1n) is 12.1. The van der Waals surface area contributed by atoms with Crippen molar-refractivity contribution in [1.29, 1.82) is 0 Å². The van der Waals surface area contributed by atoms with E-state index in [9.17, 15) is 9.59 Å². The molecule has 0 aliphatic carbocycles. The van der Waals surface area contributed by atoms with Crippen molar-refractivity contribution in [1.82, 2.24) is 14.5 Å². The molecule has 0 saturated heterocycles. The highest BCUT2D eigenvalue weighted by atomic mass is 35.5. The van der Waals surface area contributed by atoms with Crippen LogP contribution in [0.15, 0.2) is 79.1 Å². The monoisotopic (exact) mass is 526 g/mol. The van der Waals surface area contributed by atoms with E-state index in [4.69, 9.17) is 10.5 Å². The molecule has 192 valence electrons. The predicted octanol–water partition coefficient (Wildman–Crippen LogP) is 4.64. The average Bonchev–Trinajstić information content (AvgIpc) is 3.53. The Morgan fingerprint density at radius 3 is 2.26 bits per heavy atom. The molecule has 1 aliphatic heterocycles. The van der Waals surface area contributed by atoms with Gasteiger partial charge in [0.2, 0.25) is 0 Å². The van der Waals surface area contributed by atoms with Crippen molar-refractivity contribution in [2.75, 3.05) is 7.11 Å². The van der Waals surface area contributed by atoms with E-state index in [1.54, 1.807) is 7.11 Å². The number of fused-ring (bicyclic) bond motifs is 2. The first-order valence-corrected chi connectivity index (χ1v) is 12.1. The van der Waals surface area contributed by atoms with Crippen LogP contribution >= 0.6 is 12.4 Å². The first kappa shape index (κ1) is 25.3. The van der Waals surface area contributed by atoms with Crippen LogP contribution in [-0.4, -0.2) is 28.1 Å². The number of methoxy groups -OCH3 is 1. The van der Waals surface area contributed by atoms with Gasteiger partial charge in [-0.15, -0.1) is 12.4 Å². The van der Waals surface area contributed by atoms with E-state index in [1.807, 2.05) is 78.6 Å². The van der Waals surface area contributed by atoms with Gasteiger partial charge in [-0.05, 0) is 35.4 Å². The molecule has 0 unspecified atom stereocenters. The van der Waals surface area contributed by atoms with Gasteiger partial charge in [0, 0.05) is 65.5 Å². The van der Waals surface area contributed by atoms with Gasteiger partial charge in [-0.2, -0.15) is 0 Å². The molecule has 8 heteroatoms. The van der Waals surface area contributed by atoms with Gasteiger partial charge in [0.1, 0.15) is 5.75 Å². The molecular formula is C30H27ClN4O3. The summed E-state index contributed by atoms with van der Waals surface area (Å²) in [5, 5.41) is 4.30. The minimum Gasteiger partial charge on any atom is -0.497 e. The van der Waals surface area contributed by atoms with Gasteiger partial charge in [-0.25, -0.2) is 0 Å². The summed E-state index contributed by atoms with van der Waals surface area (Å²) in [7, 11) is 3.53. The van der Waals surface area contributed by atoms with Crippen LogP contribution in [0.4, 0.5) is 0 Å². The smallest absolute Gasteiger partial charge is 0.259 e. The topological polar surface area (TPSA) is 91.3 Å². The van der Waals surface area contributed by atoms with E-state index in [-0.39, 0.29) is 12.4 Å². The standard InChI is InChI=1S/C30H26N4O3.ClH/c1-33-16-23(22-13-20(37-2)10-11-25(22)33)27-28(30(36)32-29(27)35)24-17-34(26-9-4-3-8-21(24)26)15-19-7-5-6-18(12-19)14-31;/h3-13,16-17H,14-15,31H2,1-2H3,(H,32,35,36);1H. The Morgan fingerprint density at radius 2 is 1.53 bits per heavy atom. The number of nitrogens with one attached hydrogen (secondary N) is 1. The van der Waals surface area contributed by atoms with Crippen LogP contribution in [0.3, 0.4) is 0 Å². The molecule has 3 heterocycles. The SMILES string of the molecule is COc1ccc2c(c1)c(C1=C(c3cn(Cc4cccc(CN)c4)c4ccccc34)C(=O)NC1=O)cn2C.Cl. The van der Waals surface area contributed by atoms with E-state index in [0.29, 0.717) is 35.5 Å². The van der Waals surface area contributed by atoms with Crippen molar-refractivity contribution in [3.8, 4) is 5.75 Å². The molecule has 0 saturated carbocycles. The predicted molar refractivity (Wildman–Crippen MR) is 152 cm³/mol. The second-order valence-electron chi connectivity index (χ2n) is 9.28. The fourth-order valence-corrected chi connectivity index (χ4v) is 5.29. The zero-order valence-corrected chi connectivity index (χ0v) is 21.8. The van der Waals surface area contributed by atoms with E-state index < -0.39 is 11.8 Å². The molecule has 38 heavy (non-hydrogen) atoms. The van der Waals surface area contributed by atoms with Gasteiger partial charge in [0.25, 0.3) is 11.8 Å². The number of hydrogen-bond donors (Lipinski definition) is 2. The summed E-state index contributed by atoms with van der Waals surface area (Å²) in [5.41, 5.74) is 12.1. The number of amides is 2. The molecule has 2 amide bonds. The minimum atomic E-state index is -0.400. The highest BCUT2D eigenvalue weighted by Crippen LogP contribution is 2.39. The Bertz CT molecular complexity index is 1760. The number of aromatic nitrogens is 2. The molecule has 7 nitrogen and oxygen atoms in total. The third-order valence-corrected chi connectivity index (χ3v) is 7.04. The molecule has 3 N–H and O–H groups in total. The maximum absolute atomic E-state index is 13.3. The van der Waals surface area contributed by atoms with E-state index >= 15 is 0 Å². The van der Waals surface area contributed by atoms with Crippen molar-refractivity contribution in [3.05, 3.63) is 101 Å². The molecule has 0 radical (unpaired) electrons. The lowest BCUT2D eigenvalue weighted by Gasteiger charge is -2.07. The van der Waals surface area contributed by atoms with Gasteiger partial charge >= 0.3 is 0 Å². The zero-order chi connectivity index (χ0) is 25.7. The van der Waals surface area contributed by atoms with Crippen LogP contribution in [0.5, 0.6) is 5.75 Å². The highest BCUT2D eigenvalue weighted by molar-refractivity contribution is 6.50. The number of ether oxygens (including phenoxy) is 1. The number of nitrogens with two attached hydrogens (primary N) is 1. The second-order valence-corrected chi connectivity index (χ2v) is 9.28. The van der Waals surface area contributed by atoms with Crippen molar-refractivity contribution >= 4 is 57.2 Å². The summed E-state index contributed by atoms with van der Waals surface area (Å²) in [6.45, 7) is 1.08. The number of nitrogens with zero attached hydrogens (tertiary/aromatic N) is 2. The lowest BCUT2D eigenvalue weighted by atomic mass is 9.95. The molecule has 5 aromatic rings. The number of imide groups is 1. The molecule has 0 atom stereocenters. The number of carbonyl (C=O) groups is 2. The first-order chi connectivity index (χ1) is 18.0. The summed E-state index contributed by atoms with van der Waals surface area (Å²) in [4.78, 5) is 26.5. The van der Waals surface area contributed by atoms with Crippen molar-refractivity contribution < 1.29 is 14.3 Å². The second kappa shape index (κ2) is 9.85. The third-order valence-electron chi connectivity index (χ3n) is 7.04. The van der Waals surface area contributed by atoms with Crippen LogP contribution in [0.25, 0.3) is 33.0 Å². The van der Waals surface area contributed by atoms with Gasteiger partial charge in [0.15, 0.2) is 0 Å². The van der Waals surface area contributed by atoms with Crippen LogP contribution in [0, 0.1) is 0 Å². The number of hydrogen-bond acceptors (Lipinski definition) is 4. The average molecular weight is 527 g/mol. The van der Waals surface area contributed by atoms with Gasteiger partial charge < -0.3 is 19.6 Å². The lowest BCUT2D eigenvalue weighted by Crippen LogP contribution is -2.22. The maximum Gasteiger partial charge on any atom is 0.259 e. The number of para-hydroxylation sites is 1. The third kappa shape index (κ3) is 4.06. The molecule has 6 rings (SSSR count). The largest absolute Gasteiger partial charge is 0.497 e. The fourth-order valence-electron chi connectivity index (χ4n) is 5.29. The van der Waals surface area contributed by atoms with Crippen molar-refractivity contribution in [2.45, 2.75) is 13.1 Å². The Kier molecular flexibility index (Phi) is 6.57. The molecular weight excluding hydrogens is 500 g/mol. The van der Waals surface area contributed by atoms with Gasteiger partial charge in [-0.3, -0.25) is 14.9 Å². The lowest BCUT2D eigenvalue weighted by molar-refractivity contribution is -0.122. The number of carbonyl (C=O) groups excluding carboxylic acids is 2. The zero-order valence-electron chi connectivity index (χ0n) is 21.0. The molecule has 0 fully saturated rings. The molecule has 0 spiro atoms. The molecule has 2 aromatic heterocycles. The number of benzene rings is 3. The van der Waals surface area contributed by atoms with E-state index in [1.165, 1.54) is 0 Å². The van der Waals surface area contributed by atoms with E-state index in [0.717, 1.165) is 38.5 Å². The van der Waals surface area contributed by atoms with Crippen molar-refractivity contribution in [3.63, 3.8) is 0 Å². The van der Waals surface area contributed by atoms with Crippen LogP contribution in [0.2, 0.25) is 0 Å². The Morgan fingerprint density at radius 1 is 0.816 bits per heavy atom. The van der Waals surface area contributed by atoms with Crippen LogP contribution < -0.4 is 15.8 Å². The highest BCUT2D eigenvalue weighted by Gasteiger charge is 2.35. The minimum absolute atomic E-state index is 0. The van der Waals surface area contributed by atoms with Crippen LogP contribution in [0.1, 0.15) is 22.3 Å². The molecule has 0 bridgehead atoms. The van der Waals surface area contributed by atoms with Crippen LogP contribution in [-0.2, 0) is 29.7 Å². The quantitative estimate of drug-likeness (QED) is 0.315.